The number of aromatic carboxylic acids is 1. The Kier molecular flexibility index (Phi) is 5.34. The van der Waals surface area contributed by atoms with Gasteiger partial charge in [-0.3, -0.25) is 4.79 Å². The third-order valence-corrected chi connectivity index (χ3v) is 6.38. The molecule has 2 aromatic heterocycles. The zero-order chi connectivity index (χ0) is 23.3. The van der Waals surface area contributed by atoms with Crippen molar-refractivity contribution in [2.75, 3.05) is 24.5 Å². The van der Waals surface area contributed by atoms with Crippen molar-refractivity contribution in [2.24, 2.45) is 0 Å². The van der Waals surface area contributed by atoms with Crippen LogP contribution in [0.25, 0.3) is 21.7 Å². The zero-order valence-corrected chi connectivity index (χ0v) is 18.5. The highest BCUT2D eigenvalue weighted by molar-refractivity contribution is 6.31. The van der Waals surface area contributed by atoms with E-state index in [1.165, 1.54) is 6.20 Å². The Morgan fingerprint density at radius 1 is 1.30 bits per heavy atom. The molecule has 1 aliphatic heterocycles. The summed E-state index contributed by atoms with van der Waals surface area (Å²) in [5.74, 6) is -1.14. The molecule has 3 heterocycles. The molecule has 4 aromatic rings. The number of carboxylic acids is 1. The monoisotopic (exact) mass is 469 g/mol. The van der Waals surface area contributed by atoms with E-state index in [1.807, 2.05) is 30.0 Å². The number of benzene rings is 2. The lowest BCUT2D eigenvalue weighted by molar-refractivity contribution is 0.0695. The van der Waals surface area contributed by atoms with E-state index in [1.54, 1.807) is 16.9 Å². The van der Waals surface area contributed by atoms with Crippen molar-refractivity contribution in [1.29, 1.82) is 0 Å². The summed E-state index contributed by atoms with van der Waals surface area (Å²) in [7, 11) is 0. The largest absolute Gasteiger partial charge is 0.477 e. The fourth-order valence-electron chi connectivity index (χ4n) is 4.52. The third kappa shape index (κ3) is 3.65. The van der Waals surface area contributed by atoms with Crippen LogP contribution in [0.4, 0.5) is 10.1 Å². The molecule has 0 bridgehead atoms. The molecule has 9 heteroatoms. The highest BCUT2D eigenvalue weighted by Gasteiger charge is 2.27. The minimum atomic E-state index is -1.33. The van der Waals surface area contributed by atoms with Crippen LogP contribution in [0.2, 0.25) is 5.02 Å². The summed E-state index contributed by atoms with van der Waals surface area (Å²) in [6, 6.07) is 8.16. The van der Waals surface area contributed by atoms with Crippen molar-refractivity contribution in [3.63, 3.8) is 0 Å². The van der Waals surface area contributed by atoms with Gasteiger partial charge in [0.2, 0.25) is 5.43 Å². The van der Waals surface area contributed by atoms with Crippen molar-refractivity contribution in [3.05, 3.63) is 75.2 Å². The minimum absolute atomic E-state index is 0.0543. The molecule has 1 aliphatic rings. The Morgan fingerprint density at radius 3 is 2.88 bits per heavy atom. The zero-order valence-electron chi connectivity index (χ0n) is 17.8. The lowest BCUT2D eigenvalue weighted by Gasteiger charge is -2.35. The first-order valence-electron chi connectivity index (χ1n) is 10.6. The van der Waals surface area contributed by atoms with Gasteiger partial charge in [0.15, 0.2) is 0 Å². The molecule has 170 valence electrons. The molecule has 0 amide bonds. The van der Waals surface area contributed by atoms with Gasteiger partial charge in [0, 0.05) is 53.6 Å². The molecule has 5 rings (SSSR count). The number of hydrogen-bond acceptors (Lipinski definition) is 5. The number of fused-ring (bicyclic) bond motifs is 2. The molecule has 1 saturated heterocycles. The Morgan fingerprint density at radius 2 is 2.12 bits per heavy atom. The van der Waals surface area contributed by atoms with Crippen LogP contribution in [-0.4, -0.2) is 35.3 Å². The molecular weight excluding hydrogens is 449 g/mol. The standard InChI is InChI=1S/C24H21ClFN3O4/c1-2-28-10-17(24(31)32)22(30)16-8-18(26)21(9-20(16)28)29-6-5-27-19(11-29)23-15-4-3-14(25)7-13(15)12-33-23/h3-4,7-10,12,19,27H,2,5-6,11H2,1H3,(H,31,32). The number of carboxylic acid groups (broad SMARTS) is 1. The molecule has 2 N–H and O–H groups in total. The number of anilines is 1. The summed E-state index contributed by atoms with van der Waals surface area (Å²) in [5.41, 5.74) is -0.204. The number of piperazine rings is 1. The number of nitrogens with one attached hydrogen (secondary N) is 1. The maximum Gasteiger partial charge on any atom is 0.341 e. The summed E-state index contributed by atoms with van der Waals surface area (Å²) in [6.45, 7) is 3.90. The molecule has 1 atom stereocenters. The van der Waals surface area contributed by atoms with Crippen molar-refractivity contribution >= 4 is 44.9 Å². The van der Waals surface area contributed by atoms with Gasteiger partial charge < -0.3 is 24.3 Å². The van der Waals surface area contributed by atoms with Crippen LogP contribution >= 0.6 is 11.6 Å². The molecule has 33 heavy (non-hydrogen) atoms. The SMILES string of the molecule is CCn1cc(C(=O)O)c(=O)c2cc(F)c(N3CCNC(c4occ5cc(Cl)ccc45)C3)cc21. The van der Waals surface area contributed by atoms with Gasteiger partial charge in [0.05, 0.1) is 23.5 Å². The van der Waals surface area contributed by atoms with E-state index in [2.05, 4.69) is 5.32 Å². The predicted molar refractivity (Wildman–Crippen MR) is 125 cm³/mol. The molecule has 1 fully saturated rings. The molecular formula is C24H21ClFN3O4. The van der Waals surface area contributed by atoms with E-state index in [9.17, 15) is 14.7 Å². The van der Waals surface area contributed by atoms with E-state index in [-0.39, 0.29) is 17.0 Å². The van der Waals surface area contributed by atoms with Crippen LogP contribution in [0.15, 0.2) is 52.0 Å². The summed E-state index contributed by atoms with van der Waals surface area (Å²) < 4.78 is 22.7. The van der Waals surface area contributed by atoms with E-state index in [0.717, 1.165) is 22.6 Å². The maximum atomic E-state index is 15.2. The van der Waals surface area contributed by atoms with Crippen molar-refractivity contribution in [2.45, 2.75) is 19.5 Å². The summed E-state index contributed by atoms with van der Waals surface area (Å²) in [4.78, 5) is 26.0. The first kappa shape index (κ1) is 21.5. The topological polar surface area (TPSA) is 87.7 Å². The quantitative estimate of drug-likeness (QED) is 0.460. The number of aromatic nitrogens is 1. The summed E-state index contributed by atoms with van der Waals surface area (Å²) in [6.07, 6.45) is 2.98. The highest BCUT2D eigenvalue weighted by atomic mass is 35.5. The Bertz CT molecular complexity index is 1460. The van der Waals surface area contributed by atoms with Crippen molar-refractivity contribution < 1.29 is 18.7 Å². The summed E-state index contributed by atoms with van der Waals surface area (Å²) >= 11 is 6.08. The molecule has 1 unspecified atom stereocenters. The number of nitrogens with zero attached hydrogens (tertiary/aromatic N) is 2. The van der Waals surface area contributed by atoms with Crippen LogP contribution in [0.3, 0.4) is 0 Å². The van der Waals surface area contributed by atoms with E-state index in [4.69, 9.17) is 16.0 Å². The fraction of sp³-hybridized carbons (Fsp3) is 0.250. The second-order valence-corrected chi connectivity index (χ2v) is 8.50. The predicted octanol–water partition coefficient (Wildman–Crippen LogP) is 4.41. The highest BCUT2D eigenvalue weighted by Crippen LogP contribution is 2.33. The number of rotatable bonds is 4. The van der Waals surface area contributed by atoms with Gasteiger partial charge in [-0.2, -0.15) is 0 Å². The third-order valence-electron chi connectivity index (χ3n) is 6.14. The van der Waals surface area contributed by atoms with Gasteiger partial charge in [-0.25, -0.2) is 9.18 Å². The van der Waals surface area contributed by atoms with Gasteiger partial charge in [0.25, 0.3) is 0 Å². The fourth-order valence-corrected chi connectivity index (χ4v) is 4.70. The molecule has 0 spiro atoms. The molecule has 0 radical (unpaired) electrons. The average molecular weight is 470 g/mol. The second kappa shape index (κ2) is 8.20. The normalized spacial score (nSPS) is 16.6. The van der Waals surface area contributed by atoms with Crippen LogP contribution in [0.1, 0.15) is 29.1 Å². The lowest BCUT2D eigenvalue weighted by atomic mass is 10.1. The van der Waals surface area contributed by atoms with Gasteiger partial charge in [-0.05, 0) is 37.3 Å². The molecule has 2 aromatic carbocycles. The Hall–Kier alpha value is -3.36. The smallest absolute Gasteiger partial charge is 0.341 e. The van der Waals surface area contributed by atoms with Gasteiger partial charge >= 0.3 is 5.97 Å². The van der Waals surface area contributed by atoms with Crippen molar-refractivity contribution in [3.8, 4) is 0 Å². The number of hydrogen-bond donors (Lipinski definition) is 2. The van der Waals surface area contributed by atoms with Crippen LogP contribution < -0.4 is 15.6 Å². The Balaban J connectivity index is 1.55. The summed E-state index contributed by atoms with van der Waals surface area (Å²) in [5, 5.41) is 15.3. The Labute approximate surface area is 193 Å². The van der Waals surface area contributed by atoms with Crippen LogP contribution in [0.5, 0.6) is 0 Å². The van der Waals surface area contributed by atoms with Crippen molar-refractivity contribution in [1.82, 2.24) is 9.88 Å². The van der Waals surface area contributed by atoms with Crippen LogP contribution in [0, 0.1) is 5.82 Å². The average Bonchev–Trinajstić information content (AvgIpc) is 3.22. The number of carbonyl (C=O) groups is 1. The van der Waals surface area contributed by atoms with Gasteiger partial charge in [-0.1, -0.05) is 11.6 Å². The molecule has 0 saturated carbocycles. The number of pyridine rings is 1. The first-order chi connectivity index (χ1) is 15.9. The molecule has 0 aliphatic carbocycles. The van der Waals surface area contributed by atoms with E-state index in [0.29, 0.717) is 42.4 Å². The maximum absolute atomic E-state index is 15.2. The van der Waals surface area contributed by atoms with E-state index < -0.39 is 17.2 Å². The van der Waals surface area contributed by atoms with Gasteiger partial charge in [0.1, 0.15) is 17.1 Å². The number of furan rings is 1. The van der Waals surface area contributed by atoms with E-state index >= 15 is 4.39 Å². The number of aryl methyl sites for hydroxylation is 1. The lowest BCUT2D eigenvalue weighted by Crippen LogP contribution is -2.46. The number of halogens is 2. The molecule has 7 nitrogen and oxygen atoms in total. The van der Waals surface area contributed by atoms with Gasteiger partial charge in [-0.15, -0.1) is 0 Å². The second-order valence-electron chi connectivity index (χ2n) is 8.07. The first-order valence-corrected chi connectivity index (χ1v) is 11.0. The van der Waals surface area contributed by atoms with Crippen LogP contribution in [-0.2, 0) is 6.54 Å². The minimum Gasteiger partial charge on any atom is -0.477 e.